The molecule has 14 heavy (non-hydrogen) atoms. The standard InChI is InChI=1S/C13H25N/c1-3-11-5-7-12(8-6-11)14-13(2)9-4-10-13/h11-12,14H,3-10H2,1-2H3. The lowest BCUT2D eigenvalue weighted by Crippen LogP contribution is -2.53. The summed E-state index contributed by atoms with van der Waals surface area (Å²) in [4.78, 5) is 0. The molecule has 2 saturated carbocycles. The summed E-state index contributed by atoms with van der Waals surface area (Å²) in [6.45, 7) is 4.74. The first-order chi connectivity index (χ1) is 6.72. The van der Waals surface area contributed by atoms with Crippen LogP contribution in [-0.2, 0) is 0 Å². The maximum atomic E-state index is 3.88. The van der Waals surface area contributed by atoms with Crippen molar-refractivity contribution < 1.29 is 0 Å². The van der Waals surface area contributed by atoms with E-state index in [1.54, 1.807) is 0 Å². The third-order valence-electron chi connectivity index (χ3n) is 4.43. The molecule has 0 aromatic heterocycles. The van der Waals surface area contributed by atoms with Gasteiger partial charge < -0.3 is 5.32 Å². The Bertz CT molecular complexity index is 176. The molecular formula is C13H25N. The van der Waals surface area contributed by atoms with Crippen molar-refractivity contribution in [2.24, 2.45) is 5.92 Å². The monoisotopic (exact) mass is 195 g/mol. The Morgan fingerprint density at radius 1 is 1.14 bits per heavy atom. The lowest BCUT2D eigenvalue weighted by Gasteiger charge is -2.44. The van der Waals surface area contributed by atoms with Gasteiger partial charge in [0, 0.05) is 11.6 Å². The van der Waals surface area contributed by atoms with E-state index in [-0.39, 0.29) is 0 Å². The second-order valence-electron chi connectivity index (χ2n) is 5.68. The Morgan fingerprint density at radius 2 is 1.79 bits per heavy atom. The van der Waals surface area contributed by atoms with E-state index >= 15 is 0 Å². The smallest absolute Gasteiger partial charge is 0.0155 e. The number of hydrogen-bond acceptors (Lipinski definition) is 1. The molecule has 0 radical (unpaired) electrons. The largest absolute Gasteiger partial charge is 0.309 e. The zero-order chi connectivity index (χ0) is 10.0. The first-order valence-electron chi connectivity index (χ1n) is 6.49. The van der Waals surface area contributed by atoms with Gasteiger partial charge >= 0.3 is 0 Å². The number of hydrogen-bond donors (Lipinski definition) is 1. The fourth-order valence-corrected chi connectivity index (χ4v) is 3.06. The van der Waals surface area contributed by atoms with Gasteiger partial charge in [-0.25, -0.2) is 0 Å². The minimum absolute atomic E-state index is 0.518. The lowest BCUT2D eigenvalue weighted by molar-refractivity contribution is 0.156. The van der Waals surface area contributed by atoms with Gasteiger partial charge in [0.15, 0.2) is 0 Å². The van der Waals surface area contributed by atoms with Crippen LogP contribution in [0.1, 0.15) is 65.2 Å². The Morgan fingerprint density at radius 3 is 2.21 bits per heavy atom. The summed E-state index contributed by atoms with van der Waals surface area (Å²) in [7, 11) is 0. The van der Waals surface area contributed by atoms with E-state index in [0.717, 1.165) is 12.0 Å². The number of nitrogens with one attached hydrogen (secondary N) is 1. The predicted octanol–water partition coefficient (Wildman–Crippen LogP) is 3.49. The number of rotatable bonds is 3. The van der Waals surface area contributed by atoms with Crippen molar-refractivity contribution in [2.45, 2.75) is 76.8 Å². The Kier molecular flexibility index (Phi) is 3.16. The van der Waals surface area contributed by atoms with Crippen LogP contribution in [0.5, 0.6) is 0 Å². The Balaban J connectivity index is 1.73. The minimum atomic E-state index is 0.518. The van der Waals surface area contributed by atoms with E-state index in [4.69, 9.17) is 0 Å². The van der Waals surface area contributed by atoms with E-state index in [1.807, 2.05) is 0 Å². The average Bonchev–Trinajstić information content (AvgIpc) is 2.17. The van der Waals surface area contributed by atoms with Gasteiger partial charge in [-0.3, -0.25) is 0 Å². The van der Waals surface area contributed by atoms with Crippen molar-refractivity contribution in [2.75, 3.05) is 0 Å². The summed E-state index contributed by atoms with van der Waals surface area (Å²) >= 11 is 0. The first-order valence-corrected chi connectivity index (χ1v) is 6.49. The van der Waals surface area contributed by atoms with Gasteiger partial charge in [-0.1, -0.05) is 13.3 Å². The quantitative estimate of drug-likeness (QED) is 0.727. The molecule has 2 fully saturated rings. The van der Waals surface area contributed by atoms with Gasteiger partial charge in [0.1, 0.15) is 0 Å². The first kappa shape index (κ1) is 10.5. The van der Waals surface area contributed by atoms with E-state index < -0.39 is 0 Å². The van der Waals surface area contributed by atoms with E-state index in [9.17, 15) is 0 Å². The van der Waals surface area contributed by atoms with Crippen LogP contribution in [0.2, 0.25) is 0 Å². The van der Waals surface area contributed by atoms with Crippen LogP contribution < -0.4 is 5.32 Å². The molecule has 0 bridgehead atoms. The zero-order valence-electron chi connectivity index (χ0n) is 9.81. The Labute approximate surface area is 88.7 Å². The van der Waals surface area contributed by atoms with Crippen LogP contribution in [0.25, 0.3) is 0 Å². The molecule has 1 N–H and O–H groups in total. The molecule has 2 aliphatic rings. The Hall–Kier alpha value is -0.0400. The van der Waals surface area contributed by atoms with Crippen molar-refractivity contribution in [1.29, 1.82) is 0 Å². The molecule has 0 unspecified atom stereocenters. The third-order valence-corrected chi connectivity index (χ3v) is 4.43. The molecule has 2 rings (SSSR count). The minimum Gasteiger partial charge on any atom is -0.309 e. The summed E-state index contributed by atoms with van der Waals surface area (Å²) in [6.07, 6.45) is 11.4. The van der Waals surface area contributed by atoms with Crippen molar-refractivity contribution in [3.05, 3.63) is 0 Å². The molecule has 0 spiro atoms. The molecule has 1 nitrogen and oxygen atoms in total. The van der Waals surface area contributed by atoms with Crippen molar-refractivity contribution in [3.8, 4) is 0 Å². The summed E-state index contributed by atoms with van der Waals surface area (Å²) < 4.78 is 0. The topological polar surface area (TPSA) is 12.0 Å². The lowest BCUT2D eigenvalue weighted by atomic mass is 9.76. The normalized spacial score (nSPS) is 36.4. The van der Waals surface area contributed by atoms with Crippen molar-refractivity contribution in [1.82, 2.24) is 5.32 Å². The van der Waals surface area contributed by atoms with Gasteiger partial charge in [0.2, 0.25) is 0 Å². The van der Waals surface area contributed by atoms with Gasteiger partial charge in [-0.2, -0.15) is 0 Å². The molecule has 1 heteroatoms. The SMILES string of the molecule is CCC1CCC(NC2(C)CCC2)CC1. The van der Waals surface area contributed by atoms with Crippen LogP contribution in [0.4, 0.5) is 0 Å². The molecule has 0 aromatic rings. The molecular weight excluding hydrogens is 170 g/mol. The third kappa shape index (κ3) is 2.31. The molecule has 0 atom stereocenters. The van der Waals surface area contributed by atoms with Crippen molar-refractivity contribution >= 4 is 0 Å². The summed E-state index contributed by atoms with van der Waals surface area (Å²) in [6, 6.07) is 0.836. The molecule has 2 aliphatic carbocycles. The fourth-order valence-electron chi connectivity index (χ4n) is 3.06. The van der Waals surface area contributed by atoms with Gasteiger partial charge in [0.05, 0.1) is 0 Å². The van der Waals surface area contributed by atoms with E-state index in [2.05, 4.69) is 19.2 Å². The van der Waals surface area contributed by atoms with Crippen LogP contribution >= 0.6 is 0 Å². The highest BCUT2D eigenvalue weighted by Crippen LogP contribution is 2.34. The van der Waals surface area contributed by atoms with Crippen LogP contribution in [0, 0.1) is 5.92 Å². The second-order valence-corrected chi connectivity index (χ2v) is 5.68. The second kappa shape index (κ2) is 4.22. The summed E-state index contributed by atoms with van der Waals surface area (Å²) in [5, 5.41) is 3.88. The van der Waals surface area contributed by atoms with Gasteiger partial charge in [-0.15, -0.1) is 0 Å². The highest BCUT2D eigenvalue weighted by Gasteiger charge is 2.34. The molecule has 0 heterocycles. The molecule has 0 amide bonds. The molecule has 0 aromatic carbocycles. The van der Waals surface area contributed by atoms with Crippen LogP contribution in [0.15, 0.2) is 0 Å². The molecule has 0 aliphatic heterocycles. The predicted molar refractivity (Wildman–Crippen MR) is 61.4 cm³/mol. The van der Waals surface area contributed by atoms with Crippen LogP contribution in [-0.4, -0.2) is 11.6 Å². The zero-order valence-corrected chi connectivity index (χ0v) is 9.81. The summed E-state index contributed by atoms with van der Waals surface area (Å²) in [5.41, 5.74) is 0.518. The molecule has 82 valence electrons. The highest BCUT2D eigenvalue weighted by molar-refractivity contribution is 4.94. The average molecular weight is 195 g/mol. The molecule has 0 saturated heterocycles. The maximum absolute atomic E-state index is 3.88. The summed E-state index contributed by atoms with van der Waals surface area (Å²) in [5.74, 6) is 1.03. The van der Waals surface area contributed by atoms with Gasteiger partial charge in [0.25, 0.3) is 0 Å². The fraction of sp³-hybridized carbons (Fsp3) is 1.00. The van der Waals surface area contributed by atoms with E-state index in [1.165, 1.54) is 51.4 Å². The van der Waals surface area contributed by atoms with Gasteiger partial charge in [-0.05, 0) is 57.8 Å². The highest BCUT2D eigenvalue weighted by atomic mass is 15.0. The van der Waals surface area contributed by atoms with E-state index in [0.29, 0.717) is 5.54 Å². The van der Waals surface area contributed by atoms with Crippen molar-refractivity contribution in [3.63, 3.8) is 0 Å². The maximum Gasteiger partial charge on any atom is 0.0155 e. The van der Waals surface area contributed by atoms with Crippen LogP contribution in [0.3, 0.4) is 0 Å².